The third kappa shape index (κ3) is 3.10. The first-order valence-corrected chi connectivity index (χ1v) is 7.35. The molecule has 0 fully saturated rings. The molecular weight excluding hydrogens is 242 g/mol. The van der Waals surface area contributed by atoms with Crippen molar-refractivity contribution in [2.24, 2.45) is 11.7 Å². The molecule has 0 saturated carbocycles. The molecule has 0 bridgehead atoms. The number of hydrogen-bond acceptors (Lipinski definition) is 1. The van der Waals surface area contributed by atoms with Crippen molar-refractivity contribution in [2.75, 3.05) is 0 Å². The van der Waals surface area contributed by atoms with Gasteiger partial charge in [0, 0.05) is 0 Å². The van der Waals surface area contributed by atoms with Crippen LogP contribution in [0.3, 0.4) is 0 Å². The summed E-state index contributed by atoms with van der Waals surface area (Å²) in [6.07, 6.45) is 1.09. The molecule has 1 nitrogen and oxygen atoms in total. The summed E-state index contributed by atoms with van der Waals surface area (Å²) >= 11 is 0. The van der Waals surface area contributed by atoms with Crippen molar-refractivity contribution in [3.8, 4) is 0 Å². The molecular formula is C19H25N. The van der Waals surface area contributed by atoms with Crippen molar-refractivity contribution in [3.63, 3.8) is 0 Å². The van der Waals surface area contributed by atoms with Crippen LogP contribution in [-0.4, -0.2) is 0 Å². The van der Waals surface area contributed by atoms with Crippen LogP contribution in [0.4, 0.5) is 0 Å². The summed E-state index contributed by atoms with van der Waals surface area (Å²) in [6, 6.07) is 17.1. The standard InChI is InChI=1S/C19H25N/c1-14(2)12-16-9-7-10-17(13-16)19(4,20)18-11-6-5-8-15(18)3/h5-11,13-14H,12,20H2,1-4H3. The SMILES string of the molecule is Cc1ccccc1C(C)(N)c1cccc(CC(C)C)c1. The summed E-state index contributed by atoms with van der Waals surface area (Å²) in [5.41, 5.74) is 11.2. The zero-order valence-corrected chi connectivity index (χ0v) is 13.0. The molecule has 1 atom stereocenters. The first-order chi connectivity index (χ1) is 9.41. The van der Waals surface area contributed by atoms with Crippen molar-refractivity contribution in [1.82, 2.24) is 0 Å². The lowest BCUT2D eigenvalue weighted by atomic mass is 9.82. The average Bonchev–Trinajstić information content (AvgIpc) is 2.38. The van der Waals surface area contributed by atoms with E-state index in [1.165, 1.54) is 22.3 Å². The molecule has 2 rings (SSSR count). The average molecular weight is 267 g/mol. The highest BCUT2D eigenvalue weighted by atomic mass is 14.7. The molecule has 0 amide bonds. The fourth-order valence-corrected chi connectivity index (χ4v) is 2.80. The second-order valence-corrected chi connectivity index (χ2v) is 6.32. The Bertz CT molecular complexity index is 582. The molecule has 2 N–H and O–H groups in total. The van der Waals surface area contributed by atoms with E-state index in [2.05, 4.69) is 76.2 Å². The monoisotopic (exact) mass is 267 g/mol. The second-order valence-electron chi connectivity index (χ2n) is 6.32. The molecule has 1 unspecified atom stereocenters. The van der Waals surface area contributed by atoms with Gasteiger partial charge in [-0.2, -0.15) is 0 Å². The normalized spacial score (nSPS) is 14.3. The van der Waals surface area contributed by atoms with Crippen LogP contribution >= 0.6 is 0 Å². The first-order valence-electron chi connectivity index (χ1n) is 7.35. The van der Waals surface area contributed by atoms with Crippen LogP contribution in [-0.2, 0) is 12.0 Å². The molecule has 20 heavy (non-hydrogen) atoms. The van der Waals surface area contributed by atoms with E-state index in [0.717, 1.165) is 6.42 Å². The van der Waals surface area contributed by atoms with E-state index >= 15 is 0 Å². The van der Waals surface area contributed by atoms with E-state index in [1.807, 2.05) is 0 Å². The molecule has 0 aliphatic rings. The highest BCUT2D eigenvalue weighted by Crippen LogP contribution is 2.29. The zero-order chi connectivity index (χ0) is 14.8. The molecule has 0 heterocycles. The Morgan fingerprint density at radius 2 is 1.75 bits per heavy atom. The Hall–Kier alpha value is -1.60. The van der Waals surface area contributed by atoms with Crippen molar-refractivity contribution in [1.29, 1.82) is 0 Å². The van der Waals surface area contributed by atoms with Crippen molar-refractivity contribution in [3.05, 3.63) is 70.8 Å². The van der Waals surface area contributed by atoms with E-state index in [1.54, 1.807) is 0 Å². The molecule has 0 aliphatic heterocycles. The van der Waals surface area contributed by atoms with E-state index in [-0.39, 0.29) is 0 Å². The van der Waals surface area contributed by atoms with Gasteiger partial charge in [0.1, 0.15) is 0 Å². The summed E-state index contributed by atoms with van der Waals surface area (Å²) < 4.78 is 0. The minimum atomic E-state index is -0.446. The van der Waals surface area contributed by atoms with Gasteiger partial charge in [-0.1, -0.05) is 62.4 Å². The predicted molar refractivity (Wildman–Crippen MR) is 86.8 cm³/mol. The van der Waals surface area contributed by atoms with Crippen LogP contribution in [0.15, 0.2) is 48.5 Å². The topological polar surface area (TPSA) is 26.0 Å². The molecule has 2 aromatic carbocycles. The molecule has 0 aliphatic carbocycles. The number of rotatable bonds is 4. The van der Waals surface area contributed by atoms with Gasteiger partial charge in [0.05, 0.1) is 5.54 Å². The van der Waals surface area contributed by atoms with E-state index in [4.69, 9.17) is 5.73 Å². The largest absolute Gasteiger partial charge is 0.318 e. The lowest BCUT2D eigenvalue weighted by Crippen LogP contribution is -2.35. The zero-order valence-electron chi connectivity index (χ0n) is 13.0. The summed E-state index contributed by atoms with van der Waals surface area (Å²) in [6.45, 7) is 8.72. The van der Waals surface area contributed by atoms with Crippen LogP contribution in [0.2, 0.25) is 0 Å². The van der Waals surface area contributed by atoms with E-state index in [0.29, 0.717) is 5.92 Å². The quantitative estimate of drug-likeness (QED) is 0.872. The first kappa shape index (κ1) is 14.8. The number of benzene rings is 2. The third-order valence-electron chi connectivity index (χ3n) is 3.88. The van der Waals surface area contributed by atoms with E-state index < -0.39 is 5.54 Å². The van der Waals surface area contributed by atoms with Crippen molar-refractivity contribution < 1.29 is 0 Å². The lowest BCUT2D eigenvalue weighted by Gasteiger charge is -2.28. The fraction of sp³-hybridized carbons (Fsp3) is 0.368. The van der Waals surface area contributed by atoms with Gasteiger partial charge in [-0.3, -0.25) is 0 Å². The Labute approximate surface area is 122 Å². The van der Waals surface area contributed by atoms with Gasteiger partial charge in [-0.05, 0) is 48.4 Å². The fourth-order valence-electron chi connectivity index (χ4n) is 2.80. The van der Waals surface area contributed by atoms with Gasteiger partial charge >= 0.3 is 0 Å². The van der Waals surface area contributed by atoms with E-state index in [9.17, 15) is 0 Å². The van der Waals surface area contributed by atoms with Gasteiger partial charge < -0.3 is 5.73 Å². The number of hydrogen-bond donors (Lipinski definition) is 1. The summed E-state index contributed by atoms with van der Waals surface area (Å²) in [4.78, 5) is 0. The molecule has 0 spiro atoms. The number of aryl methyl sites for hydroxylation is 1. The maximum absolute atomic E-state index is 6.66. The summed E-state index contributed by atoms with van der Waals surface area (Å²) in [5.74, 6) is 0.660. The Morgan fingerprint density at radius 3 is 2.40 bits per heavy atom. The third-order valence-corrected chi connectivity index (χ3v) is 3.88. The molecule has 0 radical (unpaired) electrons. The molecule has 0 saturated heterocycles. The van der Waals surface area contributed by atoms with Crippen LogP contribution < -0.4 is 5.73 Å². The van der Waals surface area contributed by atoms with Crippen LogP contribution in [0.5, 0.6) is 0 Å². The molecule has 0 aromatic heterocycles. The molecule has 1 heteroatoms. The maximum Gasteiger partial charge on any atom is 0.0639 e. The molecule has 106 valence electrons. The Kier molecular flexibility index (Phi) is 4.29. The van der Waals surface area contributed by atoms with Gasteiger partial charge in [0.2, 0.25) is 0 Å². The minimum Gasteiger partial charge on any atom is -0.318 e. The van der Waals surface area contributed by atoms with Crippen LogP contribution in [0.25, 0.3) is 0 Å². The highest BCUT2D eigenvalue weighted by Gasteiger charge is 2.25. The summed E-state index contributed by atoms with van der Waals surface area (Å²) in [5, 5.41) is 0. The van der Waals surface area contributed by atoms with Gasteiger partial charge in [0.15, 0.2) is 0 Å². The highest BCUT2D eigenvalue weighted by molar-refractivity contribution is 5.42. The van der Waals surface area contributed by atoms with Crippen LogP contribution in [0.1, 0.15) is 43.0 Å². The Morgan fingerprint density at radius 1 is 1.05 bits per heavy atom. The van der Waals surface area contributed by atoms with Crippen LogP contribution in [0, 0.1) is 12.8 Å². The Balaban J connectivity index is 2.41. The van der Waals surface area contributed by atoms with Gasteiger partial charge in [0.25, 0.3) is 0 Å². The lowest BCUT2D eigenvalue weighted by molar-refractivity contribution is 0.594. The second kappa shape index (κ2) is 5.80. The van der Waals surface area contributed by atoms with Crippen molar-refractivity contribution in [2.45, 2.75) is 39.7 Å². The predicted octanol–water partition coefficient (Wildman–Crippen LogP) is 4.42. The summed E-state index contributed by atoms with van der Waals surface area (Å²) in [7, 11) is 0. The molecule has 2 aromatic rings. The van der Waals surface area contributed by atoms with Gasteiger partial charge in [-0.25, -0.2) is 0 Å². The van der Waals surface area contributed by atoms with Crippen molar-refractivity contribution >= 4 is 0 Å². The number of nitrogens with two attached hydrogens (primary N) is 1. The minimum absolute atomic E-state index is 0.446. The smallest absolute Gasteiger partial charge is 0.0639 e. The maximum atomic E-state index is 6.66. The van der Waals surface area contributed by atoms with Gasteiger partial charge in [-0.15, -0.1) is 0 Å².